The van der Waals surface area contributed by atoms with Gasteiger partial charge >= 0.3 is 0 Å². The van der Waals surface area contributed by atoms with Crippen LogP contribution in [0, 0.1) is 0 Å². The normalized spacial score (nSPS) is 11.5. The molecule has 150 valence electrons. The molecule has 31 heavy (non-hydrogen) atoms. The van der Waals surface area contributed by atoms with Gasteiger partial charge in [0.2, 0.25) is 0 Å². The van der Waals surface area contributed by atoms with Gasteiger partial charge < -0.3 is 18.9 Å². The van der Waals surface area contributed by atoms with Crippen LogP contribution in [0.3, 0.4) is 0 Å². The van der Waals surface area contributed by atoms with Crippen LogP contribution in [0.5, 0.6) is 5.75 Å². The minimum absolute atomic E-state index is 0.235. The lowest BCUT2D eigenvalue weighted by molar-refractivity contribution is 0.102. The number of nitrogens with one attached hydrogen (secondary N) is 1. The number of hydrogen-bond donors (Lipinski definition) is 1. The van der Waals surface area contributed by atoms with Gasteiger partial charge in [-0.05, 0) is 36.4 Å². The fraction of sp³-hybridized carbons (Fsp3) is 0.0385. The van der Waals surface area contributed by atoms with E-state index in [9.17, 15) is 4.79 Å². The topological polar surface area (TPSA) is 64.6 Å². The number of carbonyl (C=O) groups is 1. The second-order valence-electron chi connectivity index (χ2n) is 7.41. The van der Waals surface area contributed by atoms with Crippen LogP contribution in [0.4, 0.5) is 5.69 Å². The van der Waals surface area contributed by atoms with Crippen LogP contribution >= 0.6 is 0 Å². The molecule has 0 aliphatic carbocycles. The first-order valence-corrected chi connectivity index (χ1v) is 9.93. The summed E-state index contributed by atoms with van der Waals surface area (Å²) in [4.78, 5) is 13.1. The van der Waals surface area contributed by atoms with Gasteiger partial charge in [-0.15, -0.1) is 0 Å². The predicted octanol–water partition coefficient (Wildman–Crippen LogP) is 6.75. The quantitative estimate of drug-likeness (QED) is 0.353. The Hall–Kier alpha value is -4.25. The number of amides is 1. The lowest BCUT2D eigenvalue weighted by atomic mass is 10.1. The highest BCUT2D eigenvalue weighted by Crippen LogP contribution is 2.37. The summed E-state index contributed by atoms with van der Waals surface area (Å²) in [5.41, 5.74) is 4.11. The highest BCUT2D eigenvalue weighted by atomic mass is 16.5. The van der Waals surface area contributed by atoms with Gasteiger partial charge in [-0.3, -0.25) is 4.79 Å². The van der Waals surface area contributed by atoms with Gasteiger partial charge in [0.05, 0.1) is 12.8 Å². The number of hydrogen-bond acceptors (Lipinski definition) is 4. The summed E-state index contributed by atoms with van der Waals surface area (Å²) < 4.78 is 17.4. The smallest absolute Gasteiger partial charge is 0.255 e. The Kier molecular flexibility index (Phi) is 3.77. The van der Waals surface area contributed by atoms with Crippen molar-refractivity contribution in [2.24, 2.45) is 0 Å². The van der Waals surface area contributed by atoms with Gasteiger partial charge in [0.25, 0.3) is 5.91 Å². The third-order valence-corrected chi connectivity index (χ3v) is 5.59. The maximum atomic E-state index is 13.1. The van der Waals surface area contributed by atoms with Crippen molar-refractivity contribution in [2.45, 2.75) is 0 Å². The molecule has 0 aliphatic heterocycles. The molecule has 0 aliphatic rings. The molecule has 5 nitrogen and oxygen atoms in total. The Balaban J connectivity index is 1.42. The lowest BCUT2D eigenvalue weighted by Crippen LogP contribution is -2.12. The van der Waals surface area contributed by atoms with Crippen LogP contribution in [0.1, 0.15) is 10.4 Å². The summed E-state index contributed by atoms with van der Waals surface area (Å²) in [6.07, 6.45) is 0. The Morgan fingerprint density at radius 3 is 2.03 bits per heavy atom. The van der Waals surface area contributed by atoms with E-state index in [1.165, 1.54) is 0 Å². The van der Waals surface area contributed by atoms with E-state index in [4.69, 9.17) is 13.6 Å². The Bertz CT molecular complexity index is 1620. The first-order valence-electron chi connectivity index (χ1n) is 9.93. The minimum Gasteiger partial charge on any atom is -0.495 e. The second-order valence-corrected chi connectivity index (χ2v) is 7.41. The summed E-state index contributed by atoms with van der Waals surface area (Å²) in [5, 5.41) is 6.80. The third kappa shape index (κ3) is 2.74. The molecule has 0 saturated heterocycles. The second kappa shape index (κ2) is 6.64. The number of rotatable bonds is 3. The van der Waals surface area contributed by atoms with Crippen LogP contribution in [-0.2, 0) is 0 Å². The first kappa shape index (κ1) is 17.6. The van der Waals surface area contributed by atoms with Crippen molar-refractivity contribution in [1.82, 2.24) is 0 Å². The average molecular weight is 407 g/mol. The molecule has 4 aromatic carbocycles. The van der Waals surface area contributed by atoms with E-state index in [1.54, 1.807) is 19.2 Å². The van der Waals surface area contributed by atoms with Crippen LogP contribution in [-0.4, -0.2) is 13.0 Å². The van der Waals surface area contributed by atoms with E-state index >= 15 is 0 Å². The zero-order chi connectivity index (χ0) is 20.9. The Morgan fingerprint density at radius 1 is 0.710 bits per heavy atom. The van der Waals surface area contributed by atoms with Crippen molar-refractivity contribution in [3.8, 4) is 5.75 Å². The van der Waals surface area contributed by atoms with Crippen LogP contribution in [0.15, 0.2) is 87.7 Å². The number of ether oxygens (including phenoxy) is 1. The molecule has 5 heteroatoms. The molecule has 0 radical (unpaired) electrons. The van der Waals surface area contributed by atoms with Crippen molar-refractivity contribution in [3.63, 3.8) is 0 Å². The fourth-order valence-corrected chi connectivity index (χ4v) is 4.08. The van der Waals surface area contributed by atoms with E-state index in [1.807, 2.05) is 66.7 Å². The van der Waals surface area contributed by atoms with Gasteiger partial charge in [-0.2, -0.15) is 0 Å². The number of anilines is 1. The largest absolute Gasteiger partial charge is 0.495 e. The van der Waals surface area contributed by atoms with Crippen molar-refractivity contribution in [1.29, 1.82) is 0 Å². The molecular weight excluding hydrogens is 390 g/mol. The number of para-hydroxylation sites is 2. The summed E-state index contributed by atoms with van der Waals surface area (Å²) >= 11 is 0. The average Bonchev–Trinajstić information content (AvgIpc) is 3.35. The zero-order valence-electron chi connectivity index (χ0n) is 16.6. The SMILES string of the molecule is COc1cc2c(cc1NC(=O)c1ccc3oc4ccccc4c3c1)oc1ccccc12. The number of carbonyl (C=O) groups excluding carboxylic acids is 1. The summed E-state index contributed by atoms with van der Waals surface area (Å²) in [5.74, 6) is 0.336. The van der Waals surface area contributed by atoms with Gasteiger partial charge in [0.1, 0.15) is 28.1 Å². The molecule has 1 N–H and O–H groups in total. The standard InChI is InChI=1S/C26H17NO4/c1-29-25-13-19-17-7-3-5-9-22(17)31-24(19)14-20(25)27-26(28)15-10-11-23-18(12-15)16-6-2-4-8-21(16)30-23/h2-14H,1H3,(H,27,28). The number of furan rings is 2. The van der Waals surface area contributed by atoms with E-state index in [-0.39, 0.29) is 5.91 Å². The zero-order valence-corrected chi connectivity index (χ0v) is 16.6. The molecule has 2 aromatic heterocycles. The molecule has 0 fully saturated rings. The molecule has 0 atom stereocenters. The first-order chi connectivity index (χ1) is 15.2. The van der Waals surface area contributed by atoms with Crippen LogP contribution in [0.2, 0.25) is 0 Å². The van der Waals surface area contributed by atoms with Crippen molar-refractivity contribution in [3.05, 3.63) is 84.4 Å². The molecule has 6 rings (SSSR count). The van der Waals surface area contributed by atoms with Gasteiger partial charge in [0.15, 0.2) is 0 Å². The van der Waals surface area contributed by atoms with Crippen molar-refractivity contribution >= 4 is 55.5 Å². The Morgan fingerprint density at radius 2 is 1.32 bits per heavy atom. The molecule has 0 unspecified atom stereocenters. The maximum Gasteiger partial charge on any atom is 0.255 e. The Labute approximate surface area is 176 Å². The summed E-state index contributed by atoms with van der Waals surface area (Å²) in [7, 11) is 1.59. The van der Waals surface area contributed by atoms with E-state index in [2.05, 4.69) is 5.32 Å². The third-order valence-electron chi connectivity index (χ3n) is 5.59. The van der Waals surface area contributed by atoms with E-state index < -0.39 is 0 Å². The molecule has 6 aromatic rings. The number of methoxy groups -OCH3 is 1. The van der Waals surface area contributed by atoms with Gasteiger partial charge in [-0.25, -0.2) is 0 Å². The molecular formula is C26H17NO4. The fourth-order valence-electron chi connectivity index (χ4n) is 4.08. The molecule has 0 bridgehead atoms. The van der Waals surface area contributed by atoms with Gasteiger partial charge in [-0.1, -0.05) is 36.4 Å². The minimum atomic E-state index is -0.235. The number of fused-ring (bicyclic) bond motifs is 6. The summed E-state index contributed by atoms with van der Waals surface area (Å²) in [6, 6.07) is 24.7. The van der Waals surface area contributed by atoms with E-state index in [0.717, 1.165) is 38.3 Å². The van der Waals surface area contributed by atoms with Gasteiger partial charge in [0, 0.05) is 33.2 Å². The molecule has 2 heterocycles. The van der Waals surface area contributed by atoms with Crippen molar-refractivity contribution < 1.29 is 18.4 Å². The molecule has 0 spiro atoms. The maximum absolute atomic E-state index is 13.1. The number of benzene rings is 4. The molecule has 0 saturated carbocycles. The summed E-state index contributed by atoms with van der Waals surface area (Å²) in [6.45, 7) is 0. The predicted molar refractivity (Wildman–Crippen MR) is 122 cm³/mol. The van der Waals surface area contributed by atoms with E-state index in [0.29, 0.717) is 22.6 Å². The van der Waals surface area contributed by atoms with Crippen LogP contribution in [0.25, 0.3) is 43.9 Å². The van der Waals surface area contributed by atoms with Crippen molar-refractivity contribution in [2.75, 3.05) is 12.4 Å². The monoisotopic (exact) mass is 407 g/mol. The molecule has 1 amide bonds. The lowest BCUT2D eigenvalue weighted by Gasteiger charge is -2.10. The van der Waals surface area contributed by atoms with Crippen LogP contribution < -0.4 is 10.1 Å². The highest BCUT2D eigenvalue weighted by molar-refractivity contribution is 6.13. The highest BCUT2D eigenvalue weighted by Gasteiger charge is 2.16.